The third-order valence-electron chi connectivity index (χ3n) is 7.33. The van der Waals surface area contributed by atoms with Gasteiger partial charge in [0.25, 0.3) is 5.91 Å². The number of ether oxygens (including phenoxy) is 1. The molecule has 1 saturated heterocycles. The topological polar surface area (TPSA) is 103 Å². The Balaban J connectivity index is 1.39. The zero-order chi connectivity index (χ0) is 28.4. The van der Waals surface area contributed by atoms with Gasteiger partial charge in [-0.1, -0.05) is 47.5 Å². The molecule has 1 aromatic heterocycles. The number of benzene rings is 2. The van der Waals surface area contributed by atoms with Gasteiger partial charge in [-0.3, -0.25) is 19.5 Å². The van der Waals surface area contributed by atoms with Gasteiger partial charge in [0, 0.05) is 31.4 Å². The molecule has 2 aromatic carbocycles. The molecular formula is C29H28Cl2N4O5. The lowest BCUT2D eigenvalue weighted by atomic mass is 10.0. The van der Waals surface area contributed by atoms with Crippen LogP contribution in [-0.4, -0.2) is 77.5 Å². The van der Waals surface area contributed by atoms with Crippen LogP contribution in [0.25, 0.3) is 11.3 Å². The third-order valence-corrected chi connectivity index (χ3v) is 8.05. The first-order valence-corrected chi connectivity index (χ1v) is 13.7. The number of aromatic carboxylic acids is 1. The Morgan fingerprint density at radius 2 is 1.77 bits per heavy atom. The van der Waals surface area contributed by atoms with E-state index in [4.69, 9.17) is 27.9 Å². The third kappa shape index (κ3) is 5.91. The average Bonchev–Trinajstić information content (AvgIpc) is 3.47. The van der Waals surface area contributed by atoms with E-state index in [0.717, 1.165) is 37.1 Å². The van der Waals surface area contributed by atoms with Gasteiger partial charge in [0.05, 0.1) is 33.0 Å². The second-order valence-electron chi connectivity index (χ2n) is 9.89. The number of rotatable bonds is 8. The number of pyridine rings is 1. The minimum Gasteiger partial charge on any atom is -0.482 e. The van der Waals surface area contributed by atoms with Crippen molar-refractivity contribution in [3.8, 4) is 17.0 Å². The summed E-state index contributed by atoms with van der Waals surface area (Å²) in [6.45, 7) is 2.18. The van der Waals surface area contributed by atoms with Crippen LogP contribution in [0.2, 0.25) is 10.0 Å². The lowest BCUT2D eigenvalue weighted by Crippen LogP contribution is -2.47. The quantitative estimate of drug-likeness (QED) is 0.408. The van der Waals surface area contributed by atoms with E-state index >= 15 is 0 Å². The number of carboxylic acid groups (broad SMARTS) is 1. The number of aromatic nitrogens is 1. The molecule has 0 aliphatic carbocycles. The minimum atomic E-state index is -1.02. The lowest BCUT2D eigenvalue weighted by molar-refractivity contribution is -0.133. The van der Waals surface area contributed by atoms with Crippen molar-refractivity contribution >= 4 is 46.7 Å². The highest BCUT2D eigenvalue weighted by atomic mass is 35.5. The van der Waals surface area contributed by atoms with Gasteiger partial charge in [-0.15, -0.1) is 0 Å². The van der Waals surface area contributed by atoms with Crippen LogP contribution in [0.3, 0.4) is 0 Å². The smallest absolute Gasteiger partial charge is 0.335 e. The summed E-state index contributed by atoms with van der Waals surface area (Å²) >= 11 is 12.3. The van der Waals surface area contributed by atoms with Crippen molar-refractivity contribution < 1.29 is 24.2 Å². The van der Waals surface area contributed by atoms with E-state index in [1.165, 1.54) is 29.3 Å². The number of likely N-dealkylation sites (N-methyl/N-ethyl adjacent to an activating group) is 1. The second kappa shape index (κ2) is 11.8. The number of hydrogen-bond donors (Lipinski definition) is 1. The zero-order valence-electron chi connectivity index (χ0n) is 21.8. The maximum absolute atomic E-state index is 13.6. The molecule has 2 aliphatic rings. The van der Waals surface area contributed by atoms with Gasteiger partial charge in [0.2, 0.25) is 5.91 Å². The standard InChI is InChI=1S/C29H28Cl2N4O5/c1-33(27(36)16-35-24-13-21(30)22(31)14-26(24)40-17-28(35)37)25(15-34-10-2-3-11-34)19-6-4-18(5-7-19)23-12-20(29(38)39)8-9-32-23/h4-9,12-14,25H,2-3,10-11,15-17H2,1H3,(H,38,39). The Morgan fingerprint density at radius 1 is 1.07 bits per heavy atom. The Kier molecular flexibility index (Phi) is 8.25. The molecule has 40 heavy (non-hydrogen) atoms. The monoisotopic (exact) mass is 582 g/mol. The van der Waals surface area contributed by atoms with Gasteiger partial charge >= 0.3 is 5.97 Å². The van der Waals surface area contributed by atoms with E-state index in [9.17, 15) is 19.5 Å². The van der Waals surface area contributed by atoms with Gasteiger partial charge in [0.1, 0.15) is 12.3 Å². The van der Waals surface area contributed by atoms with Gasteiger partial charge in [-0.2, -0.15) is 0 Å². The SMILES string of the molecule is CN(C(=O)CN1C(=O)COc2cc(Cl)c(Cl)cc21)C(CN1CCCC1)c1ccc(-c2cc(C(=O)O)ccn2)cc1. The van der Waals surface area contributed by atoms with E-state index in [1.54, 1.807) is 18.0 Å². The summed E-state index contributed by atoms with van der Waals surface area (Å²) in [5.74, 6) is -1.20. The molecule has 208 valence electrons. The van der Waals surface area contributed by atoms with Crippen LogP contribution in [0.4, 0.5) is 5.69 Å². The van der Waals surface area contributed by atoms with Crippen molar-refractivity contribution in [3.63, 3.8) is 0 Å². The fourth-order valence-electron chi connectivity index (χ4n) is 5.05. The van der Waals surface area contributed by atoms with Crippen molar-refractivity contribution in [2.75, 3.05) is 44.7 Å². The Labute approximate surface area is 241 Å². The summed E-state index contributed by atoms with van der Waals surface area (Å²) in [7, 11) is 1.75. The predicted molar refractivity (Wildman–Crippen MR) is 152 cm³/mol. The normalized spacial score (nSPS) is 15.9. The Hall–Kier alpha value is -3.66. The van der Waals surface area contributed by atoms with E-state index in [1.807, 2.05) is 24.3 Å². The summed E-state index contributed by atoms with van der Waals surface area (Å²) in [5, 5.41) is 9.89. The lowest BCUT2D eigenvalue weighted by Gasteiger charge is -2.35. The molecule has 0 saturated carbocycles. The average molecular weight is 583 g/mol. The largest absolute Gasteiger partial charge is 0.482 e. The number of nitrogens with zero attached hydrogens (tertiary/aromatic N) is 4. The van der Waals surface area contributed by atoms with Crippen LogP contribution >= 0.6 is 23.2 Å². The number of anilines is 1. The molecule has 3 heterocycles. The maximum Gasteiger partial charge on any atom is 0.335 e. The molecule has 0 radical (unpaired) electrons. The molecule has 3 aromatic rings. The van der Waals surface area contributed by atoms with E-state index in [2.05, 4.69) is 9.88 Å². The molecule has 0 spiro atoms. The number of amides is 2. The molecule has 9 nitrogen and oxygen atoms in total. The molecule has 2 aliphatic heterocycles. The number of likely N-dealkylation sites (tertiary alicyclic amines) is 1. The van der Waals surface area contributed by atoms with Crippen molar-refractivity contribution in [1.29, 1.82) is 0 Å². The number of carbonyl (C=O) groups is 3. The molecular weight excluding hydrogens is 555 g/mol. The molecule has 2 amide bonds. The highest BCUT2D eigenvalue weighted by Gasteiger charge is 2.32. The summed E-state index contributed by atoms with van der Waals surface area (Å²) in [5.41, 5.74) is 2.81. The Morgan fingerprint density at radius 3 is 2.48 bits per heavy atom. The minimum absolute atomic E-state index is 0.161. The van der Waals surface area contributed by atoms with Crippen LogP contribution in [0.5, 0.6) is 5.75 Å². The summed E-state index contributed by atoms with van der Waals surface area (Å²) in [6.07, 6.45) is 3.69. The fourth-order valence-corrected chi connectivity index (χ4v) is 5.36. The molecule has 0 bridgehead atoms. The number of hydrogen-bond acceptors (Lipinski definition) is 6. The first-order valence-electron chi connectivity index (χ1n) is 12.9. The van der Waals surface area contributed by atoms with Crippen LogP contribution in [0.1, 0.15) is 34.8 Å². The summed E-state index contributed by atoms with van der Waals surface area (Å²) in [4.78, 5) is 47.5. The first kappa shape index (κ1) is 27.9. The van der Waals surface area contributed by atoms with E-state index in [0.29, 0.717) is 28.7 Å². The fraction of sp³-hybridized carbons (Fsp3) is 0.310. The van der Waals surface area contributed by atoms with Crippen molar-refractivity contribution in [2.45, 2.75) is 18.9 Å². The molecule has 11 heteroatoms. The van der Waals surface area contributed by atoms with Crippen molar-refractivity contribution in [1.82, 2.24) is 14.8 Å². The predicted octanol–water partition coefficient (Wildman–Crippen LogP) is 4.77. The van der Waals surface area contributed by atoms with Gasteiger partial charge in [-0.25, -0.2) is 4.79 Å². The van der Waals surface area contributed by atoms with Crippen LogP contribution in [0.15, 0.2) is 54.7 Å². The van der Waals surface area contributed by atoms with Gasteiger partial charge in [0.15, 0.2) is 6.61 Å². The molecule has 1 atom stereocenters. The highest BCUT2D eigenvalue weighted by molar-refractivity contribution is 6.42. The van der Waals surface area contributed by atoms with Crippen molar-refractivity contribution in [3.05, 3.63) is 75.9 Å². The molecule has 1 fully saturated rings. The van der Waals surface area contributed by atoms with E-state index in [-0.39, 0.29) is 41.6 Å². The van der Waals surface area contributed by atoms with Crippen LogP contribution < -0.4 is 9.64 Å². The van der Waals surface area contributed by atoms with Crippen molar-refractivity contribution in [2.24, 2.45) is 0 Å². The Bertz CT molecular complexity index is 1440. The summed E-state index contributed by atoms with van der Waals surface area (Å²) in [6, 6.07) is 13.4. The molecule has 1 unspecified atom stereocenters. The number of halogens is 2. The summed E-state index contributed by atoms with van der Waals surface area (Å²) < 4.78 is 5.51. The second-order valence-corrected chi connectivity index (χ2v) is 10.7. The maximum atomic E-state index is 13.6. The van der Waals surface area contributed by atoms with Gasteiger partial charge in [-0.05, 0) is 49.7 Å². The molecule has 1 N–H and O–H groups in total. The molecule has 5 rings (SSSR count). The number of carbonyl (C=O) groups excluding carboxylic acids is 2. The van der Waals surface area contributed by atoms with Crippen LogP contribution in [-0.2, 0) is 9.59 Å². The zero-order valence-corrected chi connectivity index (χ0v) is 23.4. The number of fused-ring (bicyclic) bond motifs is 1. The highest BCUT2D eigenvalue weighted by Crippen LogP contribution is 2.39. The number of carboxylic acids is 1. The van der Waals surface area contributed by atoms with Crippen LogP contribution in [0, 0.1) is 0 Å². The first-order chi connectivity index (χ1) is 19.2. The van der Waals surface area contributed by atoms with Gasteiger partial charge < -0.3 is 19.6 Å². The van der Waals surface area contributed by atoms with E-state index < -0.39 is 5.97 Å².